The van der Waals surface area contributed by atoms with Crippen molar-refractivity contribution < 1.29 is 4.74 Å². The molecule has 0 aliphatic heterocycles. The number of anilines is 1. The first kappa shape index (κ1) is 8.00. The Bertz CT molecular complexity index is 210. The van der Waals surface area contributed by atoms with Gasteiger partial charge in [-0.15, -0.1) is 5.10 Å². The van der Waals surface area contributed by atoms with Crippen LogP contribution in [-0.4, -0.2) is 28.9 Å². The molecule has 3 N–H and O–H groups in total. The Kier molecular flexibility index (Phi) is 2.85. The summed E-state index contributed by atoms with van der Waals surface area (Å²) < 4.78 is 4.88. The van der Waals surface area contributed by atoms with E-state index in [0.717, 1.165) is 25.3 Å². The zero-order valence-electron chi connectivity index (χ0n) is 6.50. The minimum Gasteiger partial charge on any atom is -0.385 e. The fourth-order valence-corrected chi connectivity index (χ4v) is 0.806. The second-order valence-corrected chi connectivity index (χ2v) is 2.24. The molecule has 11 heavy (non-hydrogen) atoms. The Morgan fingerprint density at radius 1 is 1.64 bits per heavy atom. The second-order valence-electron chi connectivity index (χ2n) is 2.24. The van der Waals surface area contributed by atoms with Crippen molar-refractivity contribution in [2.75, 3.05) is 19.5 Å². The first-order valence-electron chi connectivity index (χ1n) is 3.48. The molecule has 0 radical (unpaired) electrons. The van der Waals surface area contributed by atoms with E-state index in [4.69, 9.17) is 10.5 Å². The molecule has 62 valence electrons. The van der Waals surface area contributed by atoms with Crippen LogP contribution in [0, 0.1) is 0 Å². The maximum atomic E-state index is 5.30. The van der Waals surface area contributed by atoms with Crippen LogP contribution in [0.4, 0.5) is 5.95 Å². The lowest BCUT2D eigenvalue weighted by atomic mass is 10.3. The number of aryl methyl sites for hydroxylation is 1. The maximum Gasteiger partial charge on any atom is 0.239 e. The number of ether oxygens (including phenoxy) is 1. The van der Waals surface area contributed by atoms with Crippen LogP contribution in [0.5, 0.6) is 0 Å². The van der Waals surface area contributed by atoms with Crippen LogP contribution in [0.1, 0.15) is 12.2 Å². The van der Waals surface area contributed by atoms with Gasteiger partial charge in [-0.1, -0.05) is 0 Å². The molecular weight excluding hydrogens is 144 g/mol. The van der Waals surface area contributed by atoms with Crippen LogP contribution in [0.15, 0.2) is 0 Å². The summed E-state index contributed by atoms with van der Waals surface area (Å²) in [7, 11) is 1.68. The number of nitrogen functional groups attached to an aromatic ring is 1. The van der Waals surface area contributed by atoms with Crippen molar-refractivity contribution >= 4 is 5.95 Å². The minimum atomic E-state index is 0.303. The van der Waals surface area contributed by atoms with Crippen molar-refractivity contribution in [1.29, 1.82) is 0 Å². The van der Waals surface area contributed by atoms with E-state index in [0.29, 0.717) is 5.95 Å². The molecule has 0 aromatic carbocycles. The molecule has 5 nitrogen and oxygen atoms in total. The summed E-state index contributed by atoms with van der Waals surface area (Å²) in [4.78, 5) is 3.94. The van der Waals surface area contributed by atoms with Gasteiger partial charge in [-0.25, -0.2) is 0 Å². The summed E-state index contributed by atoms with van der Waals surface area (Å²) in [6, 6.07) is 0. The normalized spacial score (nSPS) is 10.3. The van der Waals surface area contributed by atoms with Gasteiger partial charge in [0.15, 0.2) is 0 Å². The summed E-state index contributed by atoms with van der Waals surface area (Å²) in [5, 5.41) is 6.42. The maximum absolute atomic E-state index is 5.30. The smallest absolute Gasteiger partial charge is 0.239 e. The summed E-state index contributed by atoms with van der Waals surface area (Å²) >= 11 is 0. The van der Waals surface area contributed by atoms with Crippen LogP contribution >= 0.6 is 0 Å². The average molecular weight is 156 g/mol. The Hall–Kier alpha value is -1.10. The number of nitrogens with zero attached hydrogens (tertiary/aromatic N) is 2. The molecular formula is C6H12N4O. The summed E-state index contributed by atoms with van der Waals surface area (Å²) in [6.07, 6.45) is 1.77. The largest absolute Gasteiger partial charge is 0.385 e. The van der Waals surface area contributed by atoms with E-state index >= 15 is 0 Å². The number of rotatable bonds is 4. The predicted octanol–water partition coefficient (Wildman–Crippen LogP) is -0.0341. The third-order valence-corrected chi connectivity index (χ3v) is 1.31. The molecule has 0 aliphatic carbocycles. The second kappa shape index (κ2) is 3.92. The molecule has 0 amide bonds. The van der Waals surface area contributed by atoms with Crippen molar-refractivity contribution in [2.24, 2.45) is 0 Å². The van der Waals surface area contributed by atoms with Gasteiger partial charge in [-0.2, -0.15) is 4.98 Å². The number of hydrogen-bond acceptors (Lipinski definition) is 4. The van der Waals surface area contributed by atoms with Crippen molar-refractivity contribution in [3.05, 3.63) is 5.82 Å². The van der Waals surface area contributed by atoms with E-state index < -0.39 is 0 Å². The van der Waals surface area contributed by atoms with Gasteiger partial charge in [0, 0.05) is 20.1 Å². The van der Waals surface area contributed by atoms with E-state index in [2.05, 4.69) is 15.2 Å². The third-order valence-electron chi connectivity index (χ3n) is 1.31. The molecule has 0 atom stereocenters. The standard InChI is InChI=1S/C6H12N4O/c1-11-4-2-3-5-8-6(7)10-9-5/h2-4H2,1H3,(H3,7,8,9,10). The van der Waals surface area contributed by atoms with Gasteiger partial charge in [0.05, 0.1) is 0 Å². The van der Waals surface area contributed by atoms with Gasteiger partial charge in [0.25, 0.3) is 0 Å². The number of nitrogens with two attached hydrogens (primary N) is 1. The zero-order chi connectivity index (χ0) is 8.10. The third kappa shape index (κ3) is 2.55. The number of aromatic amines is 1. The van der Waals surface area contributed by atoms with Gasteiger partial charge in [-0.05, 0) is 6.42 Å². The highest BCUT2D eigenvalue weighted by atomic mass is 16.5. The number of hydrogen-bond donors (Lipinski definition) is 2. The molecule has 1 heterocycles. The quantitative estimate of drug-likeness (QED) is 0.600. The fraction of sp³-hybridized carbons (Fsp3) is 0.667. The van der Waals surface area contributed by atoms with Crippen LogP contribution < -0.4 is 5.73 Å². The van der Waals surface area contributed by atoms with Crippen LogP contribution in [0.2, 0.25) is 0 Å². The Labute approximate surface area is 65.0 Å². The molecule has 0 fully saturated rings. The first-order chi connectivity index (χ1) is 5.33. The molecule has 0 unspecified atom stereocenters. The van der Waals surface area contributed by atoms with Crippen molar-refractivity contribution in [2.45, 2.75) is 12.8 Å². The Morgan fingerprint density at radius 3 is 3.00 bits per heavy atom. The van der Waals surface area contributed by atoms with Gasteiger partial charge in [0.2, 0.25) is 5.95 Å². The van der Waals surface area contributed by atoms with Gasteiger partial charge in [-0.3, -0.25) is 5.10 Å². The lowest BCUT2D eigenvalue weighted by Gasteiger charge is -1.94. The van der Waals surface area contributed by atoms with Gasteiger partial charge in [0.1, 0.15) is 5.82 Å². The highest BCUT2D eigenvalue weighted by Gasteiger charge is 1.97. The number of aromatic nitrogens is 3. The van der Waals surface area contributed by atoms with E-state index in [1.807, 2.05) is 0 Å². The Morgan fingerprint density at radius 2 is 2.45 bits per heavy atom. The topological polar surface area (TPSA) is 76.8 Å². The Balaban J connectivity index is 2.27. The van der Waals surface area contributed by atoms with Crippen molar-refractivity contribution in [1.82, 2.24) is 15.2 Å². The molecule has 0 saturated heterocycles. The van der Waals surface area contributed by atoms with Crippen LogP contribution in [0.25, 0.3) is 0 Å². The van der Waals surface area contributed by atoms with Crippen molar-refractivity contribution in [3.8, 4) is 0 Å². The summed E-state index contributed by atoms with van der Waals surface area (Å²) in [6.45, 7) is 0.737. The summed E-state index contributed by atoms with van der Waals surface area (Å²) in [5.41, 5.74) is 5.30. The summed E-state index contributed by atoms with van der Waals surface area (Å²) in [5.74, 6) is 1.12. The predicted molar refractivity (Wildman–Crippen MR) is 41.0 cm³/mol. The van der Waals surface area contributed by atoms with E-state index in [9.17, 15) is 0 Å². The fourth-order valence-electron chi connectivity index (χ4n) is 0.806. The van der Waals surface area contributed by atoms with Gasteiger partial charge >= 0.3 is 0 Å². The molecule has 0 bridgehead atoms. The van der Waals surface area contributed by atoms with Crippen LogP contribution in [0.3, 0.4) is 0 Å². The first-order valence-corrected chi connectivity index (χ1v) is 3.48. The number of nitrogens with one attached hydrogen (secondary N) is 1. The molecule has 1 rings (SSSR count). The van der Waals surface area contributed by atoms with E-state index in [1.54, 1.807) is 7.11 Å². The zero-order valence-corrected chi connectivity index (χ0v) is 6.50. The minimum absolute atomic E-state index is 0.303. The van der Waals surface area contributed by atoms with Crippen molar-refractivity contribution in [3.63, 3.8) is 0 Å². The average Bonchev–Trinajstić information content (AvgIpc) is 2.37. The molecule has 0 spiro atoms. The molecule has 1 aromatic rings. The lowest BCUT2D eigenvalue weighted by molar-refractivity contribution is 0.194. The van der Waals surface area contributed by atoms with Gasteiger partial charge < -0.3 is 10.5 Å². The van der Waals surface area contributed by atoms with Crippen LogP contribution in [-0.2, 0) is 11.2 Å². The van der Waals surface area contributed by atoms with E-state index in [-0.39, 0.29) is 0 Å². The molecule has 0 aliphatic rings. The number of methoxy groups -OCH3 is 1. The SMILES string of the molecule is COCCCc1nc(N)n[nH]1. The molecule has 0 saturated carbocycles. The monoisotopic (exact) mass is 156 g/mol. The number of H-pyrrole nitrogens is 1. The highest BCUT2D eigenvalue weighted by Crippen LogP contribution is 1.96. The molecule has 1 aromatic heterocycles. The van der Waals surface area contributed by atoms with E-state index in [1.165, 1.54) is 0 Å². The highest BCUT2D eigenvalue weighted by molar-refractivity contribution is 5.12. The molecule has 5 heteroatoms. The lowest BCUT2D eigenvalue weighted by Crippen LogP contribution is -1.94.